The second-order valence-corrected chi connectivity index (χ2v) is 13.0. The van der Waals surface area contributed by atoms with Gasteiger partial charge >= 0.3 is 0 Å². The minimum Gasteiger partial charge on any atom is -0.337 e. The van der Waals surface area contributed by atoms with Crippen LogP contribution in [0, 0.1) is 12.8 Å². The molecule has 4 aromatic rings. The molecule has 3 aromatic carbocycles. The second kappa shape index (κ2) is 10.7. The standard InChI is InChI=1S/C32H32F2N4O3S/c1-21-8-11-24(12-9-21)42(40,41)36-29-14-15-32(33,34)28-13-10-23(18-27(28)29)38(20-30-35-16-17-37(30)2)31(39)26-19-25(26)22-6-4-3-5-7-22/h3-13,16-18,25-26,29,36H,14-15,19-20H2,1-2H3/t25-,26-,29+/m0/s1. The van der Waals surface area contributed by atoms with Crippen LogP contribution in [0.2, 0.25) is 0 Å². The van der Waals surface area contributed by atoms with Gasteiger partial charge in [-0.05, 0) is 61.1 Å². The normalized spacial score (nSPS) is 21.0. The molecule has 42 heavy (non-hydrogen) atoms. The van der Waals surface area contributed by atoms with Crippen molar-refractivity contribution in [2.45, 2.75) is 55.5 Å². The number of carbonyl (C=O) groups is 1. The Balaban J connectivity index is 1.36. The van der Waals surface area contributed by atoms with Gasteiger partial charge in [0.25, 0.3) is 5.92 Å². The number of amides is 1. The van der Waals surface area contributed by atoms with Crippen LogP contribution in [0.5, 0.6) is 0 Å². The summed E-state index contributed by atoms with van der Waals surface area (Å²) in [6.45, 7) is 2.00. The number of halogens is 2. The number of aryl methyl sites for hydroxylation is 2. The molecule has 0 spiro atoms. The molecule has 0 bridgehead atoms. The van der Waals surface area contributed by atoms with Gasteiger partial charge in [-0.1, -0.05) is 54.1 Å². The third-order valence-electron chi connectivity index (χ3n) is 8.31. The van der Waals surface area contributed by atoms with Crippen LogP contribution in [0.25, 0.3) is 0 Å². The Labute approximate surface area is 244 Å². The highest BCUT2D eigenvalue weighted by Gasteiger charge is 2.47. The predicted octanol–water partition coefficient (Wildman–Crippen LogP) is 5.97. The molecule has 0 unspecified atom stereocenters. The molecule has 7 nitrogen and oxygen atoms in total. The number of alkyl halides is 2. The molecule has 1 heterocycles. The van der Waals surface area contributed by atoms with Crippen molar-refractivity contribution < 1.29 is 22.0 Å². The highest BCUT2D eigenvalue weighted by molar-refractivity contribution is 7.89. The molecule has 1 aromatic heterocycles. The van der Waals surface area contributed by atoms with E-state index < -0.39 is 28.4 Å². The largest absolute Gasteiger partial charge is 0.337 e. The highest BCUT2D eigenvalue weighted by atomic mass is 32.2. The Morgan fingerprint density at radius 1 is 1.10 bits per heavy atom. The fourth-order valence-corrected chi connectivity index (χ4v) is 7.02. The molecule has 1 saturated carbocycles. The number of aromatic nitrogens is 2. The van der Waals surface area contributed by atoms with Crippen LogP contribution in [-0.4, -0.2) is 23.9 Å². The van der Waals surface area contributed by atoms with Crippen molar-refractivity contribution in [1.29, 1.82) is 0 Å². The average molecular weight is 591 g/mol. The molecular formula is C32H32F2N4O3S. The first kappa shape index (κ1) is 28.2. The number of anilines is 1. The van der Waals surface area contributed by atoms with E-state index >= 15 is 8.78 Å². The Kier molecular flexibility index (Phi) is 7.22. The number of nitrogens with zero attached hydrogens (tertiary/aromatic N) is 3. The van der Waals surface area contributed by atoms with Gasteiger partial charge in [0.05, 0.1) is 11.4 Å². The van der Waals surface area contributed by atoms with Crippen molar-refractivity contribution in [2.75, 3.05) is 4.90 Å². The highest BCUT2D eigenvalue weighted by Crippen LogP contribution is 2.50. The number of hydrogen-bond donors (Lipinski definition) is 1. The maximum absolute atomic E-state index is 15.1. The molecule has 0 aliphatic heterocycles. The van der Waals surface area contributed by atoms with Crippen LogP contribution in [0.4, 0.5) is 14.5 Å². The molecule has 2 aliphatic carbocycles. The fraction of sp³-hybridized carbons (Fsp3) is 0.312. The van der Waals surface area contributed by atoms with Crippen LogP contribution in [0.15, 0.2) is 90.1 Å². The molecular weight excluding hydrogens is 558 g/mol. The van der Waals surface area contributed by atoms with Gasteiger partial charge in [-0.3, -0.25) is 4.79 Å². The second-order valence-electron chi connectivity index (χ2n) is 11.2. The van der Waals surface area contributed by atoms with Crippen molar-refractivity contribution in [1.82, 2.24) is 14.3 Å². The number of imidazole rings is 1. The summed E-state index contributed by atoms with van der Waals surface area (Å²) in [5.74, 6) is -2.77. The first-order chi connectivity index (χ1) is 20.0. The molecule has 0 saturated heterocycles. The third kappa shape index (κ3) is 5.48. The van der Waals surface area contributed by atoms with Crippen molar-refractivity contribution in [2.24, 2.45) is 13.0 Å². The summed E-state index contributed by atoms with van der Waals surface area (Å²) in [4.78, 5) is 20.0. The first-order valence-corrected chi connectivity index (χ1v) is 15.5. The fourth-order valence-electron chi connectivity index (χ4n) is 5.77. The summed E-state index contributed by atoms with van der Waals surface area (Å²) >= 11 is 0. The SMILES string of the molecule is Cc1ccc(S(=O)(=O)N[C@@H]2CCC(F)(F)c3ccc(N(Cc4nccn4C)C(=O)[C@H]4C[C@H]4c4ccccc4)cc32)cc1. The lowest BCUT2D eigenvalue weighted by Gasteiger charge is -2.33. The van der Waals surface area contributed by atoms with Crippen molar-refractivity contribution >= 4 is 21.6 Å². The minimum absolute atomic E-state index is 0.0652. The van der Waals surface area contributed by atoms with Gasteiger partial charge in [0.1, 0.15) is 5.82 Å². The molecule has 2 aliphatic rings. The van der Waals surface area contributed by atoms with Gasteiger partial charge in [-0.2, -0.15) is 0 Å². The topological polar surface area (TPSA) is 84.3 Å². The number of hydrogen-bond acceptors (Lipinski definition) is 4. The zero-order valence-electron chi connectivity index (χ0n) is 23.4. The van der Waals surface area contributed by atoms with Crippen LogP contribution in [0.3, 0.4) is 0 Å². The summed E-state index contributed by atoms with van der Waals surface area (Å²) in [6, 6.07) is 19.7. The predicted molar refractivity (Wildman–Crippen MR) is 155 cm³/mol. The summed E-state index contributed by atoms with van der Waals surface area (Å²) < 4.78 is 61.2. The van der Waals surface area contributed by atoms with Crippen LogP contribution >= 0.6 is 0 Å². The number of rotatable bonds is 8. The van der Waals surface area contributed by atoms with E-state index in [2.05, 4.69) is 9.71 Å². The van der Waals surface area contributed by atoms with Gasteiger partial charge in [0, 0.05) is 49.1 Å². The maximum Gasteiger partial charge on any atom is 0.273 e. The molecule has 218 valence electrons. The molecule has 0 radical (unpaired) electrons. The molecule has 10 heteroatoms. The lowest BCUT2D eigenvalue weighted by Crippen LogP contribution is -2.36. The molecule has 1 fully saturated rings. The van der Waals surface area contributed by atoms with Gasteiger partial charge in [-0.25, -0.2) is 26.9 Å². The number of fused-ring (bicyclic) bond motifs is 1. The number of benzene rings is 3. The average Bonchev–Trinajstić information content (AvgIpc) is 3.68. The summed E-state index contributed by atoms with van der Waals surface area (Å²) in [6.07, 6.45) is 3.55. The summed E-state index contributed by atoms with van der Waals surface area (Å²) in [5.41, 5.74) is 2.37. The van der Waals surface area contributed by atoms with Gasteiger partial charge in [0.2, 0.25) is 15.9 Å². The van der Waals surface area contributed by atoms with E-state index in [0.29, 0.717) is 17.9 Å². The van der Waals surface area contributed by atoms with Crippen LogP contribution in [-0.2, 0) is 34.3 Å². The van der Waals surface area contributed by atoms with Crippen molar-refractivity contribution in [3.05, 3.63) is 113 Å². The van der Waals surface area contributed by atoms with Crippen LogP contribution < -0.4 is 9.62 Å². The van der Waals surface area contributed by atoms with Crippen molar-refractivity contribution in [3.8, 4) is 0 Å². The van der Waals surface area contributed by atoms with E-state index in [1.807, 2.05) is 48.9 Å². The smallest absolute Gasteiger partial charge is 0.273 e. The zero-order chi connectivity index (χ0) is 29.6. The lowest BCUT2D eigenvalue weighted by molar-refractivity contribution is -0.120. The molecule has 1 N–H and O–H groups in total. The molecule has 3 atom stereocenters. The summed E-state index contributed by atoms with van der Waals surface area (Å²) in [5, 5.41) is 0. The Bertz CT molecular complexity index is 1720. The zero-order valence-corrected chi connectivity index (χ0v) is 24.2. The number of nitrogens with one attached hydrogen (secondary N) is 1. The molecule has 6 rings (SSSR count). The number of sulfonamides is 1. The summed E-state index contributed by atoms with van der Waals surface area (Å²) in [7, 11) is -2.15. The third-order valence-corrected chi connectivity index (χ3v) is 9.80. The minimum atomic E-state index is -3.98. The van der Waals surface area contributed by atoms with Gasteiger partial charge in [0.15, 0.2) is 0 Å². The Morgan fingerprint density at radius 2 is 1.83 bits per heavy atom. The maximum atomic E-state index is 15.1. The van der Waals surface area contributed by atoms with E-state index in [4.69, 9.17) is 0 Å². The first-order valence-electron chi connectivity index (χ1n) is 14.0. The van der Waals surface area contributed by atoms with Gasteiger partial charge in [-0.15, -0.1) is 0 Å². The van der Waals surface area contributed by atoms with Crippen LogP contribution in [0.1, 0.15) is 59.3 Å². The monoisotopic (exact) mass is 590 g/mol. The lowest BCUT2D eigenvalue weighted by atomic mass is 9.85. The van der Waals surface area contributed by atoms with E-state index in [0.717, 1.165) is 11.1 Å². The van der Waals surface area contributed by atoms with E-state index in [1.165, 1.54) is 24.3 Å². The van der Waals surface area contributed by atoms with E-state index in [1.54, 1.807) is 35.5 Å². The Hall–Kier alpha value is -3.89. The quantitative estimate of drug-likeness (QED) is 0.274. The van der Waals surface area contributed by atoms with E-state index in [-0.39, 0.29) is 46.7 Å². The van der Waals surface area contributed by atoms with Gasteiger partial charge < -0.3 is 9.47 Å². The Morgan fingerprint density at radius 3 is 2.52 bits per heavy atom. The number of carbonyl (C=O) groups excluding carboxylic acids is 1. The van der Waals surface area contributed by atoms with E-state index in [9.17, 15) is 13.2 Å². The van der Waals surface area contributed by atoms with Crippen molar-refractivity contribution in [3.63, 3.8) is 0 Å². The molecule has 1 amide bonds.